The summed E-state index contributed by atoms with van der Waals surface area (Å²) in [6, 6.07) is 5.24. The summed E-state index contributed by atoms with van der Waals surface area (Å²) < 4.78 is 5.27. The van der Waals surface area contributed by atoms with Crippen molar-refractivity contribution in [2.24, 2.45) is 5.73 Å². The molecule has 0 amide bonds. The van der Waals surface area contributed by atoms with E-state index in [9.17, 15) is 5.11 Å². The van der Waals surface area contributed by atoms with E-state index in [1.54, 1.807) is 18.4 Å². The molecule has 1 heterocycles. The van der Waals surface area contributed by atoms with Crippen molar-refractivity contribution in [3.05, 3.63) is 30.0 Å². The zero-order valence-electron chi connectivity index (χ0n) is 7.16. The molecular weight excluding hydrogens is 166 g/mol. The Kier molecular flexibility index (Phi) is 1.94. The first-order chi connectivity index (χ1) is 6.33. The number of rotatable bonds is 2. The van der Waals surface area contributed by atoms with E-state index < -0.39 is 0 Å². The highest BCUT2D eigenvalue weighted by Crippen LogP contribution is 2.29. The maximum atomic E-state index is 9.57. The number of aromatic hydroxyl groups is 1. The molecule has 0 fully saturated rings. The lowest BCUT2D eigenvalue weighted by atomic mass is 10.1. The van der Waals surface area contributed by atoms with Gasteiger partial charge in [0.1, 0.15) is 11.3 Å². The van der Waals surface area contributed by atoms with Crippen molar-refractivity contribution in [3.63, 3.8) is 0 Å². The predicted octanol–water partition coefficient (Wildman–Crippen LogP) is 1.64. The lowest BCUT2D eigenvalue weighted by Gasteiger charge is -1.96. The SMILES string of the molecule is NCCc1coc2cccc(O)c12. The van der Waals surface area contributed by atoms with Crippen LogP contribution in [0.25, 0.3) is 11.0 Å². The van der Waals surface area contributed by atoms with Crippen LogP contribution in [-0.2, 0) is 6.42 Å². The van der Waals surface area contributed by atoms with Crippen LogP contribution in [0.2, 0.25) is 0 Å². The number of furan rings is 1. The first-order valence-electron chi connectivity index (χ1n) is 4.21. The molecule has 68 valence electrons. The third-order valence-corrected chi connectivity index (χ3v) is 2.07. The third kappa shape index (κ3) is 1.27. The van der Waals surface area contributed by atoms with Gasteiger partial charge >= 0.3 is 0 Å². The van der Waals surface area contributed by atoms with Crippen LogP contribution >= 0.6 is 0 Å². The first-order valence-corrected chi connectivity index (χ1v) is 4.21. The highest BCUT2D eigenvalue weighted by molar-refractivity contribution is 5.87. The molecule has 13 heavy (non-hydrogen) atoms. The van der Waals surface area contributed by atoms with Gasteiger partial charge in [-0.2, -0.15) is 0 Å². The molecule has 0 atom stereocenters. The van der Waals surface area contributed by atoms with E-state index in [0.29, 0.717) is 12.1 Å². The molecule has 0 saturated carbocycles. The molecule has 3 nitrogen and oxygen atoms in total. The summed E-state index contributed by atoms with van der Waals surface area (Å²) in [6.07, 6.45) is 2.38. The van der Waals surface area contributed by atoms with Gasteiger partial charge in [0.25, 0.3) is 0 Å². The minimum Gasteiger partial charge on any atom is -0.507 e. The normalized spacial score (nSPS) is 10.8. The van der Waals surface area contributed by atoms with Gasteiger partial charge in [0.15, 0.2) is 0 Å². The van der Waals surface area contributed by atoms with E-state index in [1.165, 1.54) is 0 Å². The van der Waals surface area contributed by atoms with Gasteiger partial charge in [-0.05, 0) is 25.1 Å². The molecule has 3 heteroatoms. The fourth-order valence-electron chi connectivity index (χ4n) is 1.47. The van der Waals surface area contributed by atoms with E-state index in [2.05, 4.69) is 0 Å². The number of hydrogen-bond acceptors (Lipinski definition) is 3. The average Bonchev–Trinajstić information content (AvgIpc) is 2.51. The minimum atomic E-state index is 0.259. The van der Waals surface area contributed by atoms with Crippen molar-refractivity contribution in [1.82, 2.24) is 0 Å². The maximum Gasteiger partial charge on any atom is 0.137 e. The van der Waals surface area contributed by atoms with Gasteiger partial charge < -0.3 is 15.3 Å². The summed E-state index contributed by atoms with van der Waals surface area (Å²) in [4.78, 5) is 0. The summed E-state index contributed by atoms with van der Waals surface area (Å²) >= 11 is 0. The highest BCUT2D eigenvalue weighted by atomic mass is 16.3. The van der Waals surface area contributed by atoms with Gasteiger partial charge in [0.2, 0.25) is 0 Å². The summed E-state index contributed by atoms with van der Waals surface area (Å²) in [6.45, 7) is 0.558. The second-order valence-corrected chi connectivity index (χ2v) is 2.95. The second kappa shape index (κ2) is 3.11. The second-order valence-electron chi connectivity index (χ2n) is 2.95. The fourth-order valence-corrected chi connectivity index (χ4v) is 1.47. The third-order valence-electron chi connectivity index (χ3n) is 2.07. The lowest BCUT2D eigenvalue weighted by molar-refractivity contribution is 0.481. The molecule has 0 unspecified atom stereocenters. The van der Waals surface area contributed by atoms with Gasteiger partial charge in [-0.1, -0.05) is 6.07 Å². The van der Waals surface area contributed by atoms with Crippen molar-refractivity contribution in [2.75, 3.05) is 6.54 Å². The van der Waals surface area contributed by atoms with Crippen molar-refractivity contribution in [1.29, 1.82) is 0 Å². The van der Waals surface area contributed by atoms with Crippen molar-refractivity contribution >= 4 is 11.0 Å². The van der Waals surface area contributed by atoms with Crippen LogP contribution in [0.1, 0.15) is 5.56 Å². The van der Waals surface area contributed by atoms with E-state index in [1.807, 2.05) is 6.07 Å². The van der Waals surface area contributed by atoms with Gasteiger partial charge in [-0.3, -0.25) is 0 Å². The zero-order valence-corrected chi connectivity index (χ0v) is 7.16. The largest absolute Gasteiger partial charge is 0.507 e. The van der Waals surface area contributed by atoms with Crippen molar-refractivity contribution in [2.45, 2.75) is 6.42 Å². The molecule has 0 aliphatic heterocycles. The molecule has 0 radical (unpaired) electrons. The Morgan fingerprint density at radius 3 is 3.00 bits per heavy atom. The van der Waals surface area contributed by atoms with Crippen molar-refractivity contribution in [3.8, 4) is 5.75 Å². The van der Waals surface area contributed by atoms with Crippen LogP contribution in [0.5, 0.6) is 5.75 Å². The minimum absolute atomic E-state index is 0.259. The van der Waals surface area contributed by atoms with Crippen LogP contribution in [0.15, 0.2) is 28.9 Å². The quantitative estimate of drug-likeness (QED) is 0.733. The van der Waals surface area contributed by atoms with Crippen LogP contribution in [0.3, 0.4) is 0 Å². The van der Waals surface area contributed by atoms with E-state index >= 15 is 0 Å². The van der Waals surface area contributed by atoms with E-state index in [-0.39, 0.29) is 5.75 Å². The number of hydrogen-bond donors (Lipinski definition) is 2. The zero-order chi connectivity index (χ0) is 9.26. The van der Waals surface area contributed by atoms with Gasteiger partial charge in [0, 0.05) is 5.56 Å². The fraction of sp³-hybridized carbons (Fsp3) is 0.200. The van der Waals surface area contributed by atoms with Gasteiger partial charge in [-0.15, -0.1) is 0 Å². The molecule has 1 aromatic heterocycles. The molecule has 0 aliphatic carbocycles. The van der Waals surface area contributed by atoms with E-state index in [0.717, 1.165) is 17.4 Å². The Labute approximate surface area is 75.8 Å². The number of phenols is 1. The molecule has 0 bridgehead atoms. The number of phenolic OH excluding ortho intramolecular Hbond substituents is 1. The average molecular weight is 177 g/mol. The molecule has 0 spiro atoms. The number of benzene rings is 1. The number of nitrogens with two attached hydrogens (primary N) is 1. The Hall–Kier alpha value is -1.48. The molecule has 0 saturated heterocycles. The van der Waals surface area contributed by atoms with Gasteiger partial charge in [0.05, 0.1) is 11.6 Å². The topological polar surface area (TPSA) is 59.4 Å². The Bertz CT molecular complexity index is 420. The molecular formula is C10H11NO2. The summed E-state index contributed by atoms with van der Waals surface area (Å²) in [5.41, 5.74) is 7.12. The summed E-state index contributed by atoms with van der Waals surface area (Å²) in [5, 5.41) is 10.4. The van der Waals surface area contributed by atoms with Crippen LogP contribution in [0, 0.1) is 0 Å². The Morgan fingerprint density at radius 1 is 1.38 bits per heavy atom. The van der Waals surface area contributed by atoms with Crippen molar-refractivity contribution < 1.29 is 9.52 Å². The van der Waals surface area contributed by atoms with Gasteiger partial charge in [-0.25, -0.2) is 0 Å². The predicted molar refractivity (Wildman–Crippen MR) is 50.6 cm³/mol. The summed E-state index contributed by atoms with van der Waals surface area (Å²) in [5.74, 6) is 0.259. The standard InChI is InChI=1S/C10H11NO2/c11-5-4-7-6-13-9-3-1-2-8(12)10(7)9/h1-3,6,12H,4-5,11H2. The summed E-state index contributed by atoms with van der Waals surface area (Å²) in [7, 11) is 0. The molecule has 2 aromatic rings. The van der Waals surface area contributed by atoms with Crippen LogP contribution in [0.4, 0.5) is 0 Å². The molecule has 3 N–H and O–H groups in total. The smallest absolute Gasteiger partial charge is 0.137 e. The Morgan fingerprint density at radius 2 is 2.23 bits per heavy atom. The molecule has 1 aromatic carbocycles. The lowest BCUT2D eigenvalue weighted by Crippen LogP contribution is -2.01. The monoisotopic (exact) mass is 177 g/mol. The molecule has 2 rings (SSSR count). The molecule has 0 aliphatic rings. The Balaban J connectivity index is 2.64. The highest BCUT2D eigenvalue weighted by Gasteiger charge is 2.08. The first kappa shape index (κ1) is 8.13. The maximum absolute atomic E-state index is 9.57. The van der Waals surface area contributed by atoms with Crippen LogP contribution in [-0.4, -0.2) is 11.7 Å². The van der Waals surface area contributed by atoms with E-state index in [4.69, 9.17) is 10.2 Å². The van der Waals surface area contributed by atoms with Crippen LogP contribution < -0.4 is 5.73 Å². The number of fused-ring (bicyclic) bond motifs is 1.